The van der Waals surface area contributed by atoms with Crippen LogP contribution in [0.25, 0.3) is 10.2 Å². The quantitative estimate of drug-likeness (QED) is 0.366. The number of fused-ring (bicyclic) bond motifs is 1. The highest BCUT2D eigenvalue weighted by Gasteiger charge is 2.34. The van der Waals surface area contributed by atoms with Gasteiger partial charge in [-0.15, -0.1) is 16.4 Å². The van der Waals surface area contributed by atoms with Crippen LogP contribution in [0, 0.1) is 10.1 Å². The monoisotopic (exact) mass is 452 g/mol. The average Bonchev–Trinajstić information content (AvgIpc) is 3.36. The second kappa shape index (κ2) is 7.54. The fourth-order valence-electron chi connectivity index (χ4n) is 3.23. The number of alkyl halides is 2. The van der Waals surface area contributed by atoms with E-state index in [1.165, 1.54) is 6.07 Å². The molecule has 162 valence electrons. The molecule has 0 atom stereocenters. The number of thiophene rings is 1. The van der Waals surface area contributed by atoms with Crippen LogP contribution in [-0.2, 0) is 0 Å². The first-order valence-corrected chi connectivity index (χ1v) is 9.67. The molecular weight excluding hydrogens is 438 g/mol. The van der Waals surface area contributed by atoms with Gasteiger partial charge in [0.05, 0.1) is 17.7 Å². The van der Waals surface area contributed by atoms with E-state index in [1.54, 1.807) is 0 Å². The Labute approximate surface area is 175 Å². The van der Waals surface area contributed by atoms with E-state index in [2.05, 4.69) is 20.5 Å². The molecule has 0 unspecified atom stereocenters. The lowest BCUT2D eigenvalue weighted by molar-refractivity contribution is -0.386. The summed E-state index contributed by atoms with van der Waals surface area (Å²) in [5.74, 6) is -2.32. The number of H-pyrrole nitrogens is 1. The predicted octanol–water partition coefficient (Wildman–Crippen LogP) is 3.10. The molecule has 1 aliphatic rings. The van der Waals surface area contributed by atoms with Crippen molar-refractivity contribution in [1.82, 2.24) is 15.2 Å². The molecule has 3 aromatic rings. The second-order valence-electron chi connectivity index (χ2n) is 6.73. The average molecular weight is 452 g/mol. The fourth-order valence-corrected chi connectivity index (χ4v) is 4.26. The predicted molar refractivity (Wildman–Crippen MR) is 105 cm³/mol. The molecule has 0 aromatic carbocycles. The Morgan fingerprint density at radius 1 is 1.45 bits per heavy atom. The van der Waals surface area contributed by atoms with E-state index in [0.29, 0.717) is 10.9 Å². The molecule has 4 N–H and O–H groups in total. The SMILES string of the molecule is COc1n[nH]c(C(=O)Nc2c(C(N)=O)sc3nc(C(F)F)cc(C4CC4)c23)c1[N+](=O)[O-]. The lowest BCUT2D eigenvalue weighted by Crippen LogP contribution is -2.18. The standard InChI is InChI=1S/C17H14F2N6O5S/c1-30-16-11(25(28)29)10(23-24-16)15(27)22-9-8-6(5-2-3-5)4-7(13(18)19)21-17(8)31-12(9)14(20)26/h4-5,13H,2-3H2,1H3,(H2,20,26)(H,22,27)(H,23,24). The van der Waals surface area contributed by atoms with Crippen LogP contribution in [0.15, 0.2) is 6.07 Å². The summed E-state index contributed by atoms with van der Waals surface area (Å²) in [6.45, 7) is 0. The molecule has 0 aliphatic heterocycles. The maximum absolute atomic E-state index is 13.3. The molecule has 1 fully saturated rings. The zero-order chi connectivity index (χ0) is 22.4. The molecule has 11 nitrogen and oxygen atoms in total. The third kappa shape index (κ3) is 3.54. The first-order chi connectivity index (χ1) is 14.7. The van der Waals surface area contributed by atoms with Gasteiger partial charge in [0, 0.05) is 5.39 Å². The molecule has 1 saturated carbocycles. The van der Waals surface area contributed by atoms with Crippen molar-refractivity contribution in [3.05, 3.63) is 38.0 Å². The summed E-state index contributed by atoms with van der Waals surface area (Å²) >= 11 is 0.762. The minimum absolute atomic E-state index is 0.0319. The van der Waals surface area contributed by atoms with E-state index >= 15 is 0 Å². The highest BCUT2D eigenvalue weighted by Crippen LogP contribution is 2.48. The lowest BCUT2D eigenvalue weighted by Gasteiger charge is -2.09. The van der Waals surface area contributed by atoms with Gasteiger partial charge in [-0.3, -0.25) is 24.8 Å². The van der Waals surface area contributed by atoms with Crippen LogP contribution in [0.4, 0.5) is 20.2 Å². The van der Waals surface area contributed by atoms with E-state index in [-0.39, 0.29) is 21.3 Å². The number of nitrogens with zero attached hydrogens (tertiary/aromatic N) is 3. The summed E-state index contributed by atoms with van der Waals surface area (Å²) in [4.78, 5) is 39.2. The van der Waals surface area contributed by atoms with Crippen LogP contribution in [0.3, 0.4) is 0 Å². The number of nitrogens with two attached hydrogens (primary N) is 1. The molecule has 3 aromatic heterocycles. The molecule has 0 bridgehead atoms. The van der Waals surface area contributed by atoms with Crippen LogP contribution in [-0.4, -0.2) is 39.0 Å². The smallest absolute Gasteiger partial charge is 0.362 e. The number of aromatic amines is 1. The Balaban J connectivity index is 1.86. The number of ether oxygens (including phenoxy) is 1. The molecule has 3 heterocycles. The van der Waals surface area contributed by atoms with Gasteiger partial charge < -0.3 is 15.8 Å². The number of carbonyl (C=O) groups excluding carboxylic acids is 2. The molecule has 0 saturated heterocycles. The van der Waals surface area contributed by atoms with E-state index in [4.69, 9.17) is 10.5 Å². The first kappa shape index (κ1) is 20.6. The van der Waals surface area contributed by atoms with Crippen LogP contribution in [0.1, 0.15) is 56.6 Å². The largest absolute Gasteiger partial charge is 0.475 e. The molecule has 1 aliphatic carbocycles. The van der Waals surface area contributed by atoms with Crippen LogP contribution in [0.2, 0.25) is 0 Å². The van der Waals surface area contributed by atoms with Gasteiger partial charge >= 0.3 is 11.6 Å². The number of aromatic nitrogens is 3. The number of hydrogen-bond donors (Lipinski definition) is 3. The Morgan fingerprint density at radius 2 is 2.16 bits per heavy atom. The number of methoxy groups -OCH3 is 1. The topological polar surface area (TPSA) is 166 Å². The third-order valence-corrected chi connectivity index (χ3v) is 5.83. The second-order valence-corrected chi connectivity index (χ2v) is 7.73. The number of nitrogens with one attached hydrogen (secondary N) is 2. The summed E-state index contributed by atoms with van der Waals surface area (Å²) in [6, 6.07) is 1.25. The van der Waals surface area contributed by atoms with E-state index in [0.717, 1.165) is 31.3 Å². The van der Waals surface area contributed by atoms with Gasteiger partial charge in [0.25, 0.3) is 18.2 Å². The maximum atomic E-state index is 13.3. The van der Waals surface area contributed by atoms with Crippen LogP contribution in [0.5, 0.6) is 5.88 Å². The van der Waals surface area contributed by atoms with Gasteiger partial charge in [-0.25, -0.2) is 13.8 Å². The number of carbonyl (C=O) groups is 2. The van der Waals surface area contributed by atoms with Crippen molar-refractivity contribution in [2.75, 3.05) is 12.4 Å². The molecular formula is C17H14F2N6O5S. The van der Waals surface area contributed by atoms with Gasteiger partial charge in [0.1, 0.15) is 15.4 Å². The molecule has 0 spiro atoms. The number of rotatable bonds is 7. The number of anilines is 1. The van der Waals surface area contributed by atoms with Crippen molar-refractivity contribution >= 4 is 44.7 Å². The number of primary amides is 1. The number of pyridine rings is 1. The maximum Gasteiger partial charge on any atom is 0.362 e. The van der Waals surface area contributed by atoms with Crippen LogP contribution < -0.4 is 15.8 Å². The molecule has 4 rings (SSSR count). The van der Waals surface area contributed by atoms with Gasteiger partial charge in [-0.2, -0.15) is 0 Å². The Kier molecular flexibility index (Phi) is 5.00. The molecule has 0 radical (unpaired) electrons. The van der Waals surface area contributed by atoms with E-state index in [9.17, 15) is 28.5 Å². The van der Waals surface area contributed by atoms with Crippen molar-refractivity contribution in [2.24, 2.45) is 5.73 Å². The number of halogens is 2. The summed E-state index contributed by atoms with van der Waals surface area (Å²) < 4.78 is 31.4. The fraction of sp³-hybridized carbons (Fsp3) is 0.294. The zero-order valence-electron chi connectivity index (χ0n) is 15.8. The number of amides is 2. The van der Waals surface area contributed by atoms with Gasteiger partial charge in [-0.05, 0) is 30.4 Å². The minimum atomic E-state index is -2.82. The minimum Gasteiger partial charge on any atom is -0.475 e. The van der Waals surface area contributed by atoms with Gasteiger partial charge in [-0.1, -0.05) is 0 Å². The molecule has 14 heteroatoms. The summed E-state index contributed by atoms with van der Waals surface area (Å²) in [7, 11) is 1.15. The molecule has 2 amide bonds. The summed E-state index contributed by atoms with van der Waals surface area (Å²) in [5, 5.41) is 19.9. The van der Waals surface area contributed by atoms with Crippen LogP contribution >= 0.6 is 11.3 Å². The van der Waals surface area contributed by atoms with Gasteiger partial charge in [0.2, 0.25) is 5.69 Å². The van der Waals surface area contributed by atoms with Gasteiger partial charge in [0.15, 0.2) is 0 Å². The van der Waals surface area contributed by atoms with Crippen molar-refractivity contribution < 1.29 is 28.0 Å². The van der Waals surface area contributed by atoms with Crippen molar-refractivity contribution in [3.8, 4) is 5.88 Å². The third-order valence-electron chi connectivity index (χ3n) is 4.73. The number of hydrogen-bond acceptors (Lipinski definition) is 8. The van der Waals surface area contributed by atoms with E-state index in [1.807, 2.05) is 0 Å². The van der Waals surface area contributed by atoms with Crippen molar-refractivity contribution in [1.29, 1.82) is 0 Å². The Morgan fingerprint density at radius 3 is 2.71 bits per heavy atom. The van der Waals surface area contributed by atoms with E-state index < -0.39 is 46.1 Å². The van der Waals surface area contributed by atoms with Crippen molar-refractivity contribution in [2.45, 2.75) is 25.2 Å². The molecule has 31 heavy (non-hydrogen) atoms. The zero-order valence-corrected chi connectivity index (χ0v) is 16.6. The van der Waals surface area contributed by atoms with Crippen molar-refractivity contribution in [3.63, 3.8) is 0 Å². The Bertz CT molecular complexity index is 1240. The summed E-state index contributed by atoms with van der Waals surface area (Å²) in [5.41, 5.74) is 4.26. The first-order valence-electron chi connectivity index (χ1n) is 8.86. The Hall–Kier alpha value is -3.68. The normalized spacial score (nSPS) is 13.5. The summed E-state index contributed by atoms with van der Waals surface area (Å²) in [6.07, 6.45) is -1.32. The highest BCUT2D eigenvalue weighted by molar-refractivity contribution is 7.21. The number of nitro groups is 1. The highest BCUT2D eigenvalue weighted by atomic mass is 32.1. The lowest BCUT2D eigenvalue weighted by atomic mass is 10.0.